The molecule has 6 heteroatoms. The summed E-state index contributed by atoms with van der Waals surface area (Å²) in [6.45, 7) is 4.79. The molecule has 3 N–H and O–H groups in total. The molecule has 0 spiro atoms. The van der Waals surface area contributed by atoms with Gasteiger partial charge in [0.2, 0.25) is 0 Å². The van der Waals surface area contributed by atoms with Crippen LogP contribution in [0.2, 0.25) is 0 Å². The molecule has 25 heavy (non-hydrogen) atoms. The van der Waals surface area contributed by atoms with E-state index in [1.165, 1.54) is 5.69 Å². The molecular formula is C19H25N5O. The average Bonchev–Trinajstić information content (AvgIpc) is 2.68. The molecule has 1 saturated heterocycles. The normalized spacial score (nSPS) is 15.2. The number of morpholine rings is 1. The molecule has 0 radical (unpaired) electrons. The molecule has 1 fully saturated rings. The van der Waals surface area contributed by atoms with Gasteiger partial charge in [0, 0.05) is 43.6 Å². The molecule has 132 valence electrons. The Balaban J connectivity index is 1.44. The van der Waals surface area contributed by atoms with Gasteiger partial charge >= 0.3 is 0 Å². The quantitative estimate of drug-likeness (QED) is 0.617. The van der Waals surface area contributed by atoms with Crippen LogP contribution in [-0.4, -0.2) is 43.8 Å². The number of nitrogens with one attached hydrogen (secondary N) is 1. The van der Waals surface area contributed by atoms with Crippen LogP contribution in [0.5, 0.6) is 0 Å². The Bertz CT molecular complexity index is 666. The molecule has 0 unspecified atom stereocenters. The van der Waals surface area contributed by atoms with Gasteiger partial charge in [0.05, 0.1) is 19.8 Å². The highest BCUT2D eigenvalue weighted by atomic mass is 16.5. The number of guanidine groups is 1. The first-order chi connectivity index (χ1) is 12.3. The number of nitrogens with two attached hydrogens (primary N) is 1. The Morgan fingerprint density at radius 1 is 1.16 bits per heavy atom. The topological polar surface area (TPSA) is 75.8 Å². The number of rotatable bonds is 6. The molecule has 0 amide bonds. The maximum Gasteiger partial charge on any atom is 0.188 e. The number of aromatic nitrogens is 1. The first-order valence-electron chi connectivity index (χ1n) is 8.66. The van der Waals surface area contributed by atoms with Crippen LogP contribution in [-0.2, 0) is 17.7 Å². The molecule has 2 heterocycles. The highest BCUT2D eigenvalue weighted by Crippen LogP contribution is 2.16. The van der Waals surface area contributed by atoms with Gasteiger partial charge < -0.3 is 20.7 Å². The van der Waals surface area contributed by atoms with Crippen LogP contribution in [0, 0.1) is 0 Å². The Morgan fingerprint density at radius 2 is 1.96 bits per heavy atom. The van der Waals surface area contributed by atoms with E-state index in [1.807, 2.05) is 18.2 Å². The minimum atomic E-state index is 0.466. The predicted molar refractivity (Wildman–Crippen MR) is 101 cm³/mol. The zero-order valence-electron chi connectivity index (χ0n) is 14.4. The van der Waals surface area contributed by atoms with Gasteiger partial charge in [0.15, 0.2) is 5.96 Å². The van der Waals surface area contributed by atoms with Gasteiger partial charge in [0.25, 0.3) is 0 Å². The first kappa shape index (κ1) is 17.2. The van der Waals surface area contributed by atoms with Crippen molar-refractivity contribution < 1.29 is 4.74 Å². The summed E-state index contributed by atoms with van der Waals surface area (Å²) in [5, 5.41) is 3.13. The van der Waals surface area contributed by atoms with E-state index >= 15 is 0 Å². The third-order valence-electron chi connectivity index (χ3n) is 4.16. The second-order valence-corrected chi connectivity index (χ2v) is 5.97. The van der Waals surface area contributed by atoms with Crippen molar-refractivity contribution >= 4 is 11.6 Å². The van der Waals surface area contributed by atoms with E-state index in [9.17, 15) is 0 Å². The van der Waals surface area contributed by atoms with E-state index < -0.39 is 0 Å². The summed E-state index contributed by atoms with van der Waals surface area (Å²) >= 11 is 0. The minimum absolute atomic E-state index is 0.466. The van der Waals surface area contributed by atoms with Crippen LogP contribution in [0.15, 0.2) is 53.7 Å². The predicted octanol–water partition coefficient (Wildman–Crippen LogP) is 1.57. The van der Waals surface area contributed by atoms with E-state index in [0.717, 1.165) is 50.5 Å². The lowest BCUT2D eigenvalue weighted by Crippen LogP contribution is -2.36. The second kappa shape index (κ2) is 9.03. The van der Waals surface area contributed by atoms with Crippen LogP contribution in [0.4, 0.5) is 5.69 Å². The molecule has 0 atom stereocenters. The van der Waals surface area contributed by atoms with Crippen molar-refractivity contribution in [2.75, 3.05) is 37.7 Å². The van der Waals surface area contributed by atoms with Crippen molar-refractivity contribution in [1.82, 2.24) is 10.3 Å². The van der Waals surface area contributed by atoms with Crippen molar-refractivity contribution in [3.8, 4) is 0 Å². The van der Waals surface area contributed by atoms with Crippen molar-refractivity contribution in [2.24, 2.45) is 10.7 Å². The highest BCUT2D eigenvalue weighted by molar-refractivity contribution is 5.77. The number of hydrogen-bond donors (Lipinski definition) is 2. The molecule has 2 aromatic rings. The molecule has 1 aromatic heterocycles. The number of aliphatic imine (C=N–C) groups is 1. The first-order valence-corrected chi connectivity index (χ1v) is 8.66. The van der Waals surface area contributed by atoms with E-state index in [-0.39, 0.29) is 0 Å². The maximum atomic E-state index is 5.93. The summed E-state index contributed by atoms with van der Waals surface area (Å²) in [7, 11) is 0. The molecule has 0 aliphatic carbocycles. The lowest BCUT2D eigenvalue weighted by Gasteiger charge is -2.28. The number of nitrogens with zero attached hydrogens (tertiary/aromatic N) is 3. The molecule has 3 rings (SSSR count). The van der Waals surface area contributed by atoms with Crippen LogP contribution in [0.1, 0.15) is 11.3 Å². The van der Waals surface area contributed by atoms with Gasteiger partial charge in [-0.2, -0.15) is 0 Å². The molecule has 6 nitrogen and oxygen atoms in total. The van der Waals surface area contributed by atoms with Crippen molar-refractivity contribution in [3.05, 3.63) is 59.9 Å². The molecule has 1 aromatic carbocycles. The third-order valence-corrected chi connectivity index (χ3v) is 4.16. The Kier molecular flexibility index (Phi) is 6.23. The van der Waals surface area contributed by atoms with E-state index in [1.54, 1.807) is 6.20 Å². The fraction of sp³-hybridized carbons (Fsp3) is 0.368. The molecular weight excluding hydrogens is 314 g/mol. The fourth-order valence-corrected chi connectivity index (χ4v) is 2.73. The lowest BCUT2D eigenvalue weighted by molar-refractivity contribution is 0.122. The zero-order valence-corrected chi connectivity index (χ0v) is 14.4. The minimum Gasteiger partial charge on any atom is -0.378 e. The van der Waals surface area contributed by atoms with Gasteiger partial charge in [0.1, 0.15) is 0 Å². The van der Waals surface area contributed by atoms with Crippen molar-refractivity contribution in [1.29, 1.82) is 0 Å². The van der Waals surface area contributed by atoms with Gasteiger partial charge in [-0.15, -0.1) is 0 Å². The maximum absolute atomic E-state index is 5.93. The Morgan fingerprint density at radius 3 is 2.68 bits per heavy atom. The largest absolute Gasteiger partial charge is 0.378 e. The van der Waals surface area contributed by atoms with Crippen LogP contribution in [0.3, 0.4) is 0 Å². The summed E-state index contributed by atoms with van der Waals surface area (Å²) in [4.78, 5) is 11.0. The Hall–Kier alpha value is -2.60. The molecule has 1 aliphatic heterocycles. The second-order valence-electron chi connectivity index (χ2n) is 5.97. The van der Waals surface area contributed by atoms with Gasteiger partial charge in [-0.25, -0.2) is 4.99 Å². The van der Waals surface area contributed by atoms with E-state index in [0.29, 0.717) is 12.5 Å². The number of anilines is 1. The summed E-state index contributed by atoms with van der Waals surface area (Å²) < 4.78 is 5.39. The number of ether oxygens (including phenoxy) is 1. The highest BCUT2D eigenvalue weighted by Gasteiger charge is 2.10. The summed E-state index contributed by atoms with van der Waals surface area (Å²) in [5.74, 6) is 0.466. The van der Waals surface area contributed by atoms with Crippen molar-refractivity contribution in [3.63, 3.8) is 0 Å². The van der Waals surface area contributed by atoms with Crippen LogP contribution >= 0.6 is 0 Å². The average molecular weight is 339 g/mol. The van der Waals surface area contributed by atoms with Gasteiger partial charge in [-0.3, -0.25) is 4.98 Å². The van der Waals surface area contributed by atoms with Crippen LogP contribution < -0.4 is 16.0 Å². The molecule has 0 bridgehead atoms. The third kappa shape index (κ3) is 5.46. The summed E-state index contributed by atoms with van der Waals surface area (Å²) in [6.07, 6.45) is 2.62. The zero-order chi connectivity index (χ0) is 17.3. The number of pyridine rings is 1. The fourth-order valence-electron chi connectivity index (χ4n) is 2.73. The molecule has 0 saturated carbocycles. The smallest absolute Gasteiger partial charge is 0.188 e. The molecule has 1 aliphatic rings. The summed E-state index contributed by atoms with van der Waals surface area (Å²) in [5.41, 5.74) is 9.35. The summed E-state index contributed by atoms with van der Waals surface area (Å²) in [6, 6.07) is 14.4. The van der Waals surface area contributed by atoms with E-state index in [4.69, 9.17) is 10.5 Å². The van der Waals surface area contributed by atoms with Gasteiger partial charge in [-0.05, 0) is 29.8 Å². The number of hydrogen-bond acceptors (Lipinski definition) is 4. The van der Waals surface area contributed by atoms with E-state index in [2.05, 4.69) is 44.5 Å². The van der Waals surface area contributed by atoms with Gasteiger partial charge in [-0.1, -0.05) is 18.2 Å². The Labute approximate surface area is 148 Å². The van der Waals surface area contributed by atoms with Crippen LogP contribution in [0.25, 0.3) is 0 Å². The number of benzene rings is 1. The van der Waals surface area contributed by atoms with Crippen molar-refractivity contribution in [2.45, 2.75) is 13.0 Å². The standard InChI is InChI=1S/C19H25N5O/c20-19(22-10-8-17-3-1-2-9-21-17)23-15-16-4-6-18(7-5-16)24-11-13-25-14-12-24/h1-7,9H,8,10-15H2,(H3,20,22,23). The monoisotopic (exact) mass is 339 g/mol. The SMILES string of the molecule is NC(=NCc1ccc(N2CCOCC2)cc1)NCCc1ccccn1. The lowest BCUT2D eigenvalue weighted by atomic mass is 10.2.